The lowest BCUT2D eigenvalue weighted by Gasteiger charge is -2.18. The first kappa shape index (κ1) is 13.8. The molecule has 0 aliphatic carbocycles. The number of fused-ring (bicyclic) bond motifs is 1. The van der Waals surface area contributed by atoms with Crippen LogP contribution in [0, 0.1) is 0 Å². The number of halogens is 1. The highest BCUT2D eigenvalue weighted by atomic mass is 35.5. The summed E-state index contributed by atoms with van der Waals surface area (Å²) in [5.74, 6) is -0.743. The first-order chi connectivity index (χ1) is 10.1. The van der Waals surface area contributed by atoms with Crippen LogP contribution in [0.4, 0.5) is 0 Å². The maximum Gasteiger partial charge on any atom is 0.261 e. The Morgan fingerprint density at radius 1 is 0.952 bits per heavy atom. The van der Waals surface area contributed by atoms with E-state index in [1.807, 2.05) is 0 Å². The van der Waals surface area contributed by atoms with E-state index < -0.39 is 6.10 Å². The number of amides is 2. The zero-order chi connectivity index (χ0) is 15.0. The second-order valence-corrected chi connectivity index (χ2v) is 5.27. The second-order valence-electron chi connectivity index (χ2n) is 4.83. The molecule has 2 aromatic rings. The van der Waals surface area contributed by atoms with E-state index in [9.17, 15) is 14.7 Å². The molecule has 0 radical (unpaired) electrons. The normalized spacial score (nSPS) is 15.2. The number of imide groups is 1. The van der Waals surface area contributed by atoms with Crippen LogP contribution >= 0.6 is 11.6 Å². The van der Waals surface area contributed by atoms with Gasteiger partial charge in [-0.2, -0.15) is 0 Å². The van der Waals surface area contributed by atoms with Gasteiger partial charge in [0, 0.05) is 5.02 Å². The molecule has 5 heteroatoms. The highest BCUT2D eigenvalue weighted by Gasteiger charge is 2.36. The first-order valence-corrected chi connectivity index (χ1v) is 6.84. The van der Waals surface area contributed by atoms with Crippen LogP contribution in [-0.4, -0.2) is 28.4 Å². The van der Waals surface area contributed by atoms with Crippen molar-refractivity contribution >= 4 is 23.4 Å². The monoisotopic (exact) mass is 301 g/mol. The second kappa shape index (κ2) is 5.31. The Kier molecular flexibility index (Phi) is 3.49. The Hall–Kier alpha value is -2.17. The Morgan fingerprint density at radius 2 is 1.48 bits per heavy atom. The predicted octanol–water partition coefficient (Wildman–Crippen LogP) is 2.67. The molecule has 3 rings (SSSR count). The Bertz CT molecular complexity index is 677. The van der Waals surface area contributed by atoms with Crippen molar-refractivity contribution in [1.29, 1.82) is 0 Å². The van der Waals surface area contributed by atoms with Crippen molar-refractivity contribution in [3.05, 3.63) is 70.2 Å². The molecule has 21 heavy (non-hydrogen) atoms. The van der Waals surface area contributed by atoms with Crippen LogP contribution in [0.15, 0.2) is 48.5 Å². The van der Waals surface area contributed by atoms with E-state index in [1.165, 1.54) is 0 Å². The number of benzene rings is 2. The van der Waals surface area contributed by atoms with Gasteiger partial charge in [-0.05, 0) is 29.8 Å². The molecule has 1 unspecified atom stereocenters. The highest BCUT2D eigenvalue weighted by Crippen LogP contribution is 2.25. The van der Waals surface area contributed by atoms with Crippen LogP contribution in [0.5, 0.6) is 0 Å². The van der Waals surface area contributed by atoms with Gasteiger partial charge in [0.25, 0.3) is 11.8 Å². The maximum absolute atomic E-state index is 12.2. The van der Waals surface area contributed by atoms with Gasteiger partial charge in [0.2, 0.25) is 0 Å². The van der Waals surface area contributed by atoms with Gasteiger partial charge >= 0.3 is 0 Å². The number of β-amino-alcohol motifs (C(OH)–C–C–N with tert-alkyl or cyclic N) is 1. The molecule has 0 saturated carbocycles. The zero-order valence-electron chi connectivity index (χ0n) is 11.0. The van der Waals surface area contributed by atoms with Crippen molar-refractivity contribution < 1.29 is 14.7 Å². The van der Waals surface area contributed by atoms with Crippen molar-refractivity contribution in [3.8, 4) is 0 Å². The summed E-state index contributed by atoms with van der Waals surface area (Å²) in [5.41, 5.74) is 1.37. The number of nitrogens with zero attached hydrogens (tertiary/aromatic N) is 1. The smallest absolute Gasteiger partial charge is 0.261 e. The molecule has 0 spiro atoms. The number of rotatable bonds is 3. The third-order valence-electron chi connectivity index (χ3n) is 3.49. The molecule has 1 aliphatic rings. The van der Waals surface area contributed by atoms with E-state index in [0.29, 0.717) is 21.7 Å². The molecular formula is C16H12ClNO3. The van der Waals surface area contributed by atoms with Crippen LogP contribution in [-0.2, 0) is 0 Å². The molecule has 0 saturated heterocycles. The minimum atomic E-state index is -0.940. The topological polar surface area (TPSA) is 57.6 Å². The minimum absolute atomic E-state index is 0.0754. The Labute approximate surface area is 126 Å². The van der Waals surface area contributed by atoms with E-state index in [1.54, 1.807) is 48.5 Å². The fraction of sp³-hybridized carbons (Fsp3) is 0.125. The van der Waals surface area contributed by atoms with Crippen molar-refractivity contribution in [3.63, 3.8) is 0 Å². The van der Waals surface area contributed by atoms with Crippen molar-refractivity contribution in [2.45, 2.75) is 6.10 Å². The van der Waals surface area contributed by atoms with Gasteiger partial charge in [-0.15, -0.1) is 0 Å². The van der Waals surface area contributed by atoms with Crippen molar-refractivity contribution in [1.82, 2.24) is 4.90 Å². The third-order valence-corrected chi connectivity index (χ3v) is 3.74. The molecule has 1 N–H and O–H groups in total. The van der Waals surface area contributed by atoms with E-state index in [-0.39, 0.29) is 18.4 Å². The van der Waals surface area contributed by atoms with Crippen LogP contribution in [0.1, 0.15) is 32.4 Å². The van der Waals surface area contributed by atoms with Crippen LogP contribution < -0.4 is 0 Å². The molecular weight excluding hydrogens is 290 g/mol. The van der Waals surface area contributed by atoms with Gasteiger partial charge in [-0.25, -0.2) is 0 Å². The summed E-state index contributed by atoms with van der Waals surface area (Å²) in [4.78, 5) is 25.5. The summed E-state index contributed by atoms with van der Waals surface area (Å²) in [6.45, 7) is -0.0754. The first-order valence-electron chi connectivity index (χ1n) is 6.46. The number of aliphatic hydroxyl groups excluding tert-OH is 1. The molecule has 0 fully saturated rings. The predicted molar refractivity (Wildman–Crippen MR) is 78.2 cm³/mol. The van der Waals surface area contributed by atoms with Gasteiger partial charge in [0.05, 0.1) is 23.8 Å². The maximum atomic E-state index is 12.2. The van der Waals surface area contributed by atoms with Gasteiger partial charge < -0.3 is 5.11 Å². The van der Waals surface area contributed by atoms with E-state index >= 15 is 0 Å². The molecule has 1 atom stereocenters. The Balaban J connectivity index is 1.82. The molecule has 1 aliphatic heterocycles. The number of carbonyl (C=O) groups excluding carboxylic acids is 2. The third kappa shape index (κ3) is 2.44. The molecule has 4 nitrogen and oxygen atoms in total. The largest absolute Gasteiger partial charge is 0.387 e. The average Bonchev–Trinajstić information content (AvgIpc) is 2.73. The van der Waals surface area contributed by atoms with Crippen LogP contribution in [0.3, 0.4) is 0 Å². The fourth-order valence-electron chi connectivity index (χ4n) is 2.37. The average molecular weight is 302 g/mol. The summed E-state index contributed by atoms with van der Waals surface area (Å²) in [7, 11) is 0. The quantitative estimate of drug-likeness (QED) is 0.887. The standard InChI is InChI=1S/C16H12ClNO3/c17-11-7-5-10(6-8-11)14(19)9-18-15(20)12-3-1-2-4-13(12)16(18)21/h1-8,14,19H,9H2. The fourth-order valence-corrected chi connectivity index (χ4v) is 2.49. The lowest BCUT2D eigenvalue weighted by molar-refractivity contribution is 0.0543. The molecule has 2 amide bonds. The molecule has 106 valence electrons. The number of carbonyl (C=O) groups is 2. The van der Waals surface area contributed by atoms with Crippen LogP contribution in [0.25, 0.3) is 0 Å². The summed E-state index contributed by atoms with van der Waals surface area (Å²) in [5, 5.41) is 10.8. The number of hydrogen-bond acceptors (Lipinski definition) is 3. The van der Waals surface area contributed by atoms with E-state index in [4.69, 9.17) is 11.6 Å². The Morgan fingerprint density at radius 3 is 2.00 bits per heavy atom. The molecule has 0 bridgehead atoms. The lowest BCUT2D eigenvalue weighted by Crippen LogP contribution is -2.33. The van der Waals surface area contributed by atoms with Crippen molar-refractivity contribution in [2.75, 3.05) is 6.54 Å². The zero-order valence-corrected chi connectivity index (χ0v) is 11.7. The summed E-state index contributed by atoms with van der Waals surface area (Å²) in [6, 6.07) is 13.3. The molecule has 0 aromatic heterocycles. The summed E-state index contributed by atoms with van der Waals surface area (Å²) in [6.07, 6.45) is -0.940. The van der Waals surface area contributed by atoms with Gasteiger partial charge in [-0.1, -0.05) is 35.9 Å². The summed E-state index contributed by atoms with van der Waals surface area (Å²) < 4.78 is 0. The highest BCUT2D eigenvalue weighted by molar-refractivity contribution is 6.30. The van der Waals surface area contributed by atoms with Gasteiger partial charge in [0.15, 0.2) is 0 Å². The van der Waals surface area contributed by atoms with Crippen LogP contribution in [0.2, 0.25) is 5.02 Å². The van der Waals surface area contributed by atoms with Gasteiger partial charge in [0.1, 0.15) is 0 Å². The van der Waals surface area contributed by atoms with E-state index in [2.05, 4.69) is 0 Å². The number of hydrogen-bond donors (Lipinski definition) is 1. The van der Waals surface area contributed by atoms with E-state index in [0.717, 1.165) is 4.90 Å². The van der Waals surface area contributed by atoms with Crippen molar-refractivity contribution in [2.24, 2.45) is 0 Å². The SMILES string of the molecule is O=C1c2ccccc2C(=O)N1CC(O)c1ccc(Cl)cc1. The molecule has 1 heterocycles. The minimum Gasteiger partial charge on any atom is -0.387 e. The lowest BCUT2D eigenvalue weighted by atomic mass is 10.1. The summed E-state index contributed by atoms with van der Waals surface area (Å²) >= 11 is 5.79. The molecule has 2 aromatic carbocycles. The number of aliphatic hydroxyl groups is 1. The van der Waals surface area contributed by atoms with Gasteiger partial charge in [-0.3, -0.25) is 14.5 Å².